The van der Waals surface area contributed by atoms with Crippen LogP contribution in [0.3, 0.4) is 0 Å². The van der Waals surface area contributed by atoms with Crippen LogP contribution in [0.5, 0.6) is 0 Å². The van der Waals surface area contributed by atoms with Gasteiger partial charge < -0.3 is 45.5 Å². The van der Waals surface area contributed by atoms with Crippen molar-refractivity contribution >= 4 is 30.3 Å². The molecule has 1 aromatic rings. The van der Waals surface area contributed by atoms with Crippen LogP contribution in [0.15, 0.2) is 30.3 Å². The number of benzene rings is 1. The molecule has 0 fully saturated rings. The Kier molecular flexibility index (Phi) is 14.7. The van der Waals surface area contributed by atoms with Crippen molar-refractivity contribution in [3.63, 3.8) is 0 Å². The predicted octanol–water partition coefficient (Wildman–Crippen LogP) is 3.73. The van der Waals surface area contributed by atoms with Crippen molar-refractivity contribution in [2.24, 2.45) is 0 Å². The number of nitrogens with one attached hydrogen (secondary N) is 5. The molecule has 0 radical (unpaired) electrons. The Morgan fingerprint density at radius 3 is 1.59 bits per heavy atom. The standard InChI is InChI=1S/C30H49N5O9/c1-28(2,3)42-25(38)32-17-21(18-33-26(39)43-29(4,5)6)34-23(36)22(35-27(40)44-30(7,8)9)15-16-31-24(37)41-19-20-13-11-10-12-14-20/h10-14,21-22H,15-19H2,1-9H3,(H,31,37)(H,32,38)(H,33,39)(H,34,36)(H,35,40)/t22-/m0/s1. The van der Waals surface area contributed by atoms with Gasteiger partial charge in [0, 0.05) is 19.6 Å². The second kappa shape index (κ2) is 17.2. The summed E-state index contributed by atoms with van der Waals surface area (Å²) >= 11 is 0. The molecule has 0 unspecified atom stereocenters. The second-order valence-corrected chi connectivity index (χ2v) is 12.9. The first-order valence-corrected chi connectivity index (χ1v) is 14.4. The molecule has 14 nitrogen and oxygen atoms in total. The molecule has 0 aliphatic heterocycles. The van der Waals surface area contributed by atoms with Crippen LogP contribution >= 0.6 is 0 Å². The van der Waals surface area contributed by atoms with E-state index >= 15 is 0 Å². The maximum Gasteiger partial charge on any atom is 0.408 e. The molecule has 0 spiro atoms. The summed E-state index contributed by atoms with van der Waals surface area (Å²) in [6.07, 6.45) is -3.03. The fourth-order valence-corrected chi connectivity index (χ4v) is 3.33. The summed E-state index contributed by atoms with van der Waals surface area (Å²) in [7, 11) is 0. The topological polar surface area (TPSA) is 182 Å². The molecular formula is C30H49N5O9. The lowest BCUT2D eigenvalue weighted by molar-refractivity contribution is -0.124. The van der Waals surface area contributed by atoms with E-state index in [0.717, 1.165) is 5.56 Å². The summed E-state index contributed by atoms with van der Waals surface area (Å²) in [5.74, 6) is -0.655. The summed E-state index contributed by atoms with van der Waals surface area (Å²) in [4.78, 5) is 62.6. The van der Waals surface area contributed by atoms with E-state index in [4.69, 9.17) is 18.9 Å². The van der Waals surface area contributed by atoms with E-state index < -0.39 is 59.2 Å². The van der Waals surface area contributed by atoms with E-state index in [1.54, 1.807) is 62.3 Å². The van der Waals surface area contributed by atoms with Crippen molar-refractivity contribution < 1.29 is 42.9 Å². The summed E-state index contributed by atoms with van der Waals surface area (Å²) in [6, 6.07) is 7.11. The zero-order valence-electron chi connectivity index (χ0n) is 27.3. The molecule has 0 aromatic heterocycles. The van der Waals surface area contributed by atoms with E-state index in [9.17, 15) is 24.0 Å². The number of hydrogen-bond donors (Lipinski definition) is 5. The SMILES string of the molecule is CC(C)(C)OC(=O)NCC(CNC(=O)OC(C)(C)C)NC(=O)[C@H](CCNC(=O)OCc1ccccc1)NC(=O)OC(C)(C)C. The molecule has 1 rings (SSSR count). The van der Waals surface area contributed by atoms with E-state index in [2.05, 4.69) is 26.6 Å². The van der Waals surface area contributed by atoms with Crippen LogP contribution < -0.4 is 26.6 Å². The van der Waals surface area contributed by atoms with Gasteiger partial charge in [-0.2, -0.15) is 0 Å². The predicted molar refractivity (Wildman–Crippen MR) is 163 cm³/mol. The largest absolute Gasteiger partial charge is 0.445 e. The highest BCUT2D eigenvalue weighted by molar-refractivity contribution is 5.86. The summed E-state index contributed by atoms with van der Waals surface area (Å²) in [5.41, 5.74) is -1.54. The molecule has 248 valence electrons. The fraction of sp³-hybridized carbons (Fsp3) is 0.633. The van der Waals surface area contributed by atoms with Gasteiger partial charge in [0.2, 0.25) is 5.91 Å². The lowest BCUT2D eigenvalue weighted by Crippen LogP contribution is -2.56. The van der Waals surface area contributed by atoms with Crippen LogP contribution in [0.4, 0.5) is 19.2 Å². The van der Waals surface area contributed by atoms with Crippen LogP contribution in [-0.4, -0.2) is 78.8 Å². The Morgan fingerprint density at radius 2 is 1.11 bits per heavy atom. The minimum Gasteiger partial charge on any atom is -0.445 e. The molecule has 44 heavy (non-hydrogen) atoms. The number of hydrogen-bond acceptors (Lipinski definition) is 9. The molecule has 0 aliphatic carbocycles. The zero-order chi connectivity index (χ0) is 33.6. The quantitative estimate of drug-likeness (QED) is 0.217. The average molecular weight is 624 g/mol. The first-order chi connectivity index (χ1) is 20.2. The first kappa shape index (κ1) is 37.8. The number of carbonyl (C=O) groups is 5. The van der Waals surface area contributed by atoms with Crippen LogP contribution in [-0.2, 0) is 30.3 Å². The Morgan fingerprint density at radius 1 is 0.636 bits per heavy atom. The molecule has 0 saturated heterocycles. The van der Waals surface area contributed by atoms with E-state index in [-0.39, 0.29) is 32.7 Å². The Hall–Kier alpha value is -4.23. The maximum absolute atomic E-state index is 13.4. The summed E-state index contributed by atoms with van der Waals surface area (Å²) in [5, 5.41) is 12.9. The smallest absolute Gasteiger partial charge is 0.408 e. The number of amides is 5. The molecule has 0 aliphatic rings. The molecule has 1 atom stereocenters. The number of rotatable bonds is 12. The highest BCUT2D eigenvalue weighted by Crippen LogP contribution is 2.09. The van der Waals surface area contributed by atoms with Crippen molar-refractivity contribution in [3.8, 4) is 0 Å². The van der Waals surface area contributed by atoms with Crippen LogP contribution in [0.25, 0.3) is 0 Å². The first-order valence-electron chi connectivity index (χ1n) is 14.4. The van der Waals surface area contributed by atoms with Gasteiger partial charge in [-0.25, -0.2) is 19.2 Å². The normalized spacial score (nSPS) is 12.3. The average Bonchev–Trinajstić information content (AvgIpc) is 2.86. The van der Waals surface area contributed by atoms with E-state index in [1.807, 2.05) is 30.3 Å². The van der Waals surface area contributed by atoms with Crippen LogP contribution in [0, 0.1) is 0 Å². The summed E-state index contributed by atoms with van der Waals surface area (Å²) in [6.45, 7) is 15.0. The number of alkyl carbamates (subject to hydrolysis) is 4. The maximum atomic E-state index is 13.4. The minimum absolute atomic E-state index is 0.0293. The van der Waals surface area contributed by atoms with Crippen molar-refractivity contribution in [1.29, 1.82) is 0 Å². The molecule has 0 heterocycles. The van der Waals surface area contributed by atoms with E-state index in [1.165, 1.54) is 0 Å². The van der Waals surface area contributed by atoms with Gasteiger partial charge in [-0.05, 0) is 74.3 Å². The van der Waals surface area contributed by atoms with Crippen LogP contribution in [0.2, 0.25) is 0 Å². The van der Waals surface area contributed by atoms with Gasteiger partial charge in [-0.1, -0.05) is 30.3 Å². The van der Waals surface area contributed by atoms with Gasteiger partial charge in [0.1, 0.15) is 29.5 Å². The highest BCUT2D eigenvalue weighted by atomic mass is 16.6. The minimum atomic E-state index is -1.16. The zero-order valence-corrected chi connectivity index (χ0v) is 27.3. The highest BCUT2D eigenvalue weighted by Gasteiger charge is 2.27. The molecule has 14 heteroatoms. The van der Waals surface area contributed by atoms with Gasteiger partial charge in [0.15, 0.2) is 0 Å². The molecule has 1 aromatic carbocycles. The van der Waals surface area contributed by atoms with E-state index in [0.29, 0.717) is 0 Å². The lowest BCUT2D eigenvalue weighted by atomic mass is 10.1. The lowest BCUT2D eigenvalue weighted by Gasteiger charge is -2.27. The Labute approximate surface area is 259 Å². The van der Waals surface area contributed by atoms with Gasteiger partial charge in [0.25, 0.3) is 0 Å². The van der Waals surface area contributed by atoms with Gasteiger partial charge in [0.05, 0.1) is 6.04 Å². The van der Waals surface area contributed by atoms with Crippen molar-refractivity contribution in [3.05, 3.63) is 35.9 Å². The Balaban J connectivity index is 2.93. The molecule has 0 saturated carbocycles. The molecular weight excluding hydrogens is 574 g/mol. The third kappa shape index (κ3) is 19.1. The van der Waals surface area contributed by atoms with Crippen molar-refractivity contribution in [2.45, 2.75) is 104 Å². The number of carbonyl (C=O) groups excluding carboxylic acids is 5. The summed E-state index contributed by atoms with van der Waals surface area (Å²) < 4.78 is 21.0. The second-order valence-electron chi connectivity index (χ2n) is 12.9. The van der Waals surface area contributed by atoms with Gasteiger partial charge >= 0.3 is 24.4 Å². The van der Waals surface area contributed by atoms with Crippen LogP contribution in [0.1, 0.15) is 74.3 Å². The van der Waals surface area contributed by atoms with Crippen molar-refractivity contribution in [2.75, 3.05) is 19.6 Å². The number of ether oxygens (including phenoxy) is 4. The fourth-order valence-electron chi connectivity index (χ4n) is 3.33. The Bertz CT molecular complexity index is 1060. The van der Waals surface area contributed by atoms with Gasteiger partial charge in [-0.3, -0.25) is 4.79 Å². The third-order valence-electron chi connectivity index (χ3n) is 5.05. The van der Waals surface area contributed by atoms with Gasteiger partial charge in [-0.15, -0.1) is 0 Å². The molecule has 0 bridgehead atoms. The third-order valence-corrected chi connectivity index (χ3v) is 5.05. The molecule has 5 amide bonds. The monoisotopic (exact) mass is 623 g/mol. The molecule has 5 N–H and O–H groups in total. The van der Waals surface area contributed by atoms with Crippen molar-refractivity contribution in [1.82, 2.24) is 26.6 Å².